The van der Waals surface area contributed by atoms with Gasteiger partial charge in [-0.15, -0.1) is 0 Å². The number of fused-ring (bicyclic) bond motifs is 1. The van der Waals surface area contributed by atoms with Crippen LogP contribution in [0.15, 0.2) is 53.3 Å². The summed E-state index contributed by atoms with van der Waals surface area (Å²) in [6.07, 6.45) is 0. The van der Waals surface area contributed by atoms with Crippen LogP contribution in [0.2, 0.25) is 0 Å². The molecular formula is C20H21N3O2. The number of nitrogens with zero attached hydrogens (tertiary/aromatic N) is 3. The van der Waals surface area contributed by atoms with Gasteiger partial charge in [-0.25, -0.2) is 4.98 Å². The van der Waals surface area contributed by atoms with Crippen LogP contribution in [0.1, 0.15) is 6.92 Å². The minimum absolute atomic E-state index is 0.0414. The normalized spacial score (nSPS) is 14.8. The van der Waals surface area contributed by atoms with E-state index in [1.807, 2.05) is 43.3 Å². The van der Waals surface area contributed by atoms with E-state index in [2.05, 4.69) is 22.0 Å². The molecule has 2 heterocycles. The fraction of sp³-hybridized carbons (Fsp3) is 0.300. The number of aromatic nitrogens is 2. The zero-order chi connectivity index (χ0) is 17.2. The number of rotatable bonds is 3. The fourth-order valence-corrected chi connectivity index (χ4v) is 3.35. The highest BCUT2D eigenvalue weighted by Gasteiger charge is 2.14. The molecule has 4 rings (SSSR count). The molecule has 0 saturated carbocycles. The maximum Gasteiger partial charge on any atom is 0.277 e. The van der Waals surface area contributed by atoms with Gasteiger partial charge in [0.15, 0.2) is 0 Å². The summed E-state index contributed by atoms with van der Waals surface area (Å²) < 4.78 is 7.19. The molecule has 3 aromatic rings. The molecule has 0 bridgehead atoms. The van der Waals surface area contributed by atoms with Gasteiger partial charge in [-0.2, -0.15) is 0 Å². The van der Waals surface area contributed by atoms with Crippen molar-refractivity contribution in [3.8, 4) is 11.3 Å². The lowest BCUT2D eigenvalue weighted by Gasteiger charge is -2.28. The van der Waals surface area contributed by atoms with Crippen LogP contribution >= 0.6 is 0 Å². The van der Waals surface area contributed by atoms with Crippen LogP contribution in [-0.2, 0) is 11.3 Å². The molecule has 1 fully saturated rings. The number of hydrogen-bond donors (Lipinski definition) is 0. The maximum absolute atomic E-state index is 12.9. The highest BCUT2D eigenvalue weighted by Crippen LogP contribution is 2.22. The largest absolute Gasteiger partial charge is 0.378 e. The Morgan fingerprint density at radius 2 is 1.76 bits per heavy atom. The van der Waals surface area contributed by atoms with E-state index >= 15 is 0 Å². The van der Waals surface area contributed by atoms with Gasteiger partial charge in [-0.1, -0.05) is 24.3 Å². The van der Waals surface area contributed by atoms with Gasteiger partial charge in [0.2, 0.25) is 0 Å². The van der Waals surface area contributed by atoms with Gasteiger partial charge in [0.25, 0.3) is 5.56 Å². The van der Waals surface area contributed by atoms with E-state index in [1.165, 1.54) is 0 Å². The Morgan fingerprint density at radius 1 is 1.04 bits per heavy atom. The van der Waals surface area contributed by atoms with E-state index in [9.17, 15) is 4.79 Å². The molecule has 5 nitrogen and oxygen atoms in total. The number of morpholine rings is 1. The van der Waals surface area contributed by atoms with E-state index in [-0.39, 0.29) is 5.56 Å². The molecule has 1 aromatic heterocycles. The second kappa shape index (κ2) is 6.69. The molecule has 0 unspecified atom stereocenters. The highest BCUT2D eigenvalue weighted by atomic mass is 16.5. The summed E-state index contributed by atoms with van der Waals surface area (Å²) in [6.45, 7) is 5.93. The van der Waals surface area contributed by atoms with Crippen molar-refractivity contribution in [2.75, 3.05) is 31.2 Å². The Bertz CT molecular complexity index is 941. The smallest absolute Gasteiger partial charge is 0.277 e. The summed E-state index contributed by atoms with van der Waals surface area (Å²) in [7, 11) is 0. The van der Waals surface area contributed by atoms with Gasteiger partial charge in [0.05, 0.1) is 24.2 Å². The quantitative estimate of drug-likeness (QED) is 0.738. The number of aryl methyl sites for hydroxylation is 1. The van der Waals surface area contributed by atoms with Crippen LogP contribution in [0.3, 0.4) is 0 Å². The summed E-state index contributed by atoms with van der Waals surface area (Å²) in [5, 5.41) is 0. The number of ether oxygens (including phenoxy) is 1. The van der Waals surface area contributed by atoms with Gasteiger partial charge < -0.3 is 14.2 Å². The minimum Gasteiger partial charge on any atom is -0.378 e. The first-order valence-corrected chi connectivity index (χ1v) is 8.70. The second-order valence-corrected chi connectivity index (χ2v) is 6.14. The zero-order valence-corrected chi connectivity index (χ0v) is 14.3. The average Bonchev–Trinajstić information content (AvgIpc) is 2.68. The predicted molar refractivity (Wildman–Crippen MR) is 100 cm³/mol. The molecule has 0 radical (unpaired) electrons. The molecule has 2 aromatic carbocycles. The lowest BCUT2D eigenvalue weighted by Crippen LogP contribution is -2.36. The summed E-state index contributed by atoms with van der Waals surface area (Å²) in [6, 6.07) is 15.9. The minimum atomic E-state index is -0.0414. The number of hydrogen-bond acceptors (Lipinski definition) is 4. The third-order valence-electron chi connectivity index (χ3n) is 4.69. The SMILES string of the molecule is CCn1c(=O)c(-c2ccc(N3CCOCC3)cc2)nc2ccccc21. The van der Waals surface area contributed by atoms with Gasteiger partial charge >= 0.3 is 0 Å². The monoisotopic (exact) mass is 335 g/mol. The Hall–Kier alpha value is -2.66. The third kappa shape index (κ3) is 2.91. The molecule has 0 N–H and O–H groups in total. The van der Waals surface area contributed by atoms with E-state index in [1.54, 1.807) is 4.57 Å². The molecule has 1 saturated heterocycles. The predicted octanol–water partition coefficient (Wildman–Crippen LogP) is 2.92. The molecular weight excluding hydrogens is 314 g/mol. The molecule has 0 spiro atoms. The standard InChI is InChI=1S/C20H21N3O2/c1-2-23-18-6-4-3-5-17(18)21-19(20(23)24)15-7-9-16(10-8-15)22-11-13-25-14-12-22/h3-10H,2,11-14H2,1H3. The number of anilines is 1. The molecule has 5 heteroatoms. The lowest BCUT2D eigenvalue weighted by atomic mass is 10.1. The third-order valence-corrected chi connectivity index (χ3v) is 4.69. The first-order chi connectivity index (χ1) is 12.3. The van der Waals surface area contributed by atoms with Crippen molar-refractivity contribution in [3.05, 3.63) is 58.9 Å². The van der Waals surface area contributed by atoms with E-state index < -0.39 is 0 Å². The van der Waals surface area contributed by atoms with Gasteiger partial charge in [0.1, 0.15) is 5.69 Å². The number of para-hydroxylation sites is 2. The average molecular weight is 335 g/mol. The number of benzene rings is 2. The molecule has 25 heavy (non-hydrogen) atoms. The summed E-state index contributed by atoms with van der Waals surface area (Å²) in [4.78, 5) is 19.8. The van der Waals surface area contributed by atoms with Crippen LogP contribution < -0.4 is 10.5 Å². The Morgan fingerprint density at radius 3 is 2.48 bits per heavy atom. The van der Waals surface area contributed by atoms with Crippen molar-refractivity contribution in [2.24, 2.45) is 0 Å². The second-order valence-electron chi connectivity index (χ2n) is 6.14. The van der Waals surface area contributed by atoms with E-state index in [4.69, 9.17) is 4.74 Å². The Labute approximate surface area is 146 Å². The first-order valence-electron chi connectivity index (χ1n) is 8.70. The Balaban J connectivity index is 1.76. The van der Waals surface area contributed by atoms with Crippen molar-refractivity contribution in [2.45, 2.75) is 13.5 Å². The topological polar surface area (TPSA) is 47.4 Å². The molecule has 0 aliphatic carbocycles. The fourth-order valence-electron chi connectivity index (χ4n) is 3.35. The molecule has 1 aliphatic heterocycles. The van der Waals surface area contributed by atoms with Crippen LogP contribution in [0, 0.1) is 0 Å². The van der Waals surface area contributed by atoms with Crippen molar-refractivity contribution in [1.82, 2.24) is 9.55 Å². The summed E-state index contributed by atoms with van der Waals surface area (Å²) >= 11 is 0. The zero-order valence-electron chi connectivity index (χ0n) is 14.3. The van der Waals surface area contributed by atoms with Gasteiger partial charge in [0, 0.05) is 30.9 Å². The molecule has 128 valence electrons. The maximum atomic E-state index is 12.9. The van der Waals surface area contributed by atoms with Crippen LogP contribution in [0.25, 0.3) is 22.3 Å². The van der Waals surface area contributed by atoms with Crippen LogP contribution in [0.4, 0.5) is 5.69 Å². The first kappa shape index (κ1) is 15.8. The summed E-state index contributed by atoms with van der Waals surface area (Å²) in [5.41, 5.74) is 4.20. The lowest BCUT2D eigenvalue weighted by molar-refractivity contribution is 0.122. The molecule has 0 atom stereocenters. The van der Waals surface area contributed by atoms with Gasteiger partial charge in [-0.05, 0) is 31.2 Å². The van der Waals surface area contributed by atoms with E-state index in [0.717, 1.165) is 48.6 Å². The van der Waals surface area contributed by atoms with Crippen LogP contribution in [0.5, 0.6) is 0 Å². The highest BCUT2D eigenvalue weighted by molar-refractivity contribution is 5.78. The summed E-state index contributed by atoms with van der Waals surface area (Å²) in [5.74, 6) is 0. The van der Waals surface area contributed by atoms with Crippen molar-refractivity contribution in [3.63, 3.8) is 0 Å². The van der Waals surface area contributed by atoms with Gasteiger partial charge in [-0.3, -0.25) is 4.79 Å². The van der Waals surface area contributed by atoms with Crippen LogP contribution in [-0.4, -0.2) is 35.9 Å². The molecule has 1 aliphatic rings. The van der Waals surface area contributed by atoms with Crippen molar-refractivity contribution < 1.29 is 4.74 Å². The van der Waals surface area contributed by atoms with E-state index in [0.29, 0.717) is 12.2 Å². The van der Waals surface area contributed by atoms with Crippen molar-refractivity contribution >= 4 is 16.7 Å². The Kier molecular flexibility index (Phi) is 4.24. The molecule has 0 amide bonds. The van der Waals surface area contributed by atoms with Crippen molar-refractivity contribution in [1.29, 1.82) is 0 Å².